The molecule has 0 spiro atoms. The zero-order chi connectivity index (χ0) is 22.2. The highest BCUT2D eigenvalue weighted by Crippen LogP contribution is 2.44. The fourth-order valence-electron chi connectivity index (χ4n) is 3.85. The van der Waals surface area contributed by atoms with Crippen molar-refractivity contribution in [3.8, 4) is 5.75 Å². The van der Waals surface area contributed by atoms with Crippen LogP contribution in [0, 0.1) is 0 Å². The summed E-state index contributed by atoms with van der Waals surface area (Å²) >= 11 is 1.30. The van der Waals surface area contributed by atoms with Gasteiger partial charge in [0, 0.05) is 5.56 Å². The van der Waals surface area contributed by atoms with Gasteiger partial charge in [0.05, 0.1) is 28.9 Å². The number of hydrogen-bond acceptors (Lipinski definition) is 6. The van der Waals surface area contributed by atoms with E-state index in [4.69, 9.17) is 4.74 Å². The van der Waals surface area contributed by atoms with Gasteiger partial charge in [-0.2, -0.15) is 0 Å². The number of ketones is 1. The molecule has 1 atom stereocenters. The van der Waals surface area contributed by atoms with Crippen LogP contribution >= 0.6 is 11.3 Å². The molecule has 4 aromatic rings. The van der Waals surface area contributed by atoms with Crippen LogP contribution in [0.3, 0.4) is 0 Å². The number of rotatable bonds is 4. The van der Waals surface area contributed by atoms with Gasteiger partial charge in [-0.25, -0.2) is 4.98 Å². The normalized spacial score (nSPS) is 17.8. The molecule has 3 aromatic carbocycles. The Morgan fingerprint density at radius 3 is 2.38 bits per heavy atom. The van der Waals surface area contributed by atoms with Crippen LogP contribution in [0.5, 0.6) is 5.75 Å². The van der Waals surface area contributed by atoms with Crippen LogP contribution < -0.4 is 9.64 Å². The molecule has 1 amide bonds. The number of carbonyl (C=O) groups excluding carboxylic acids is 2. The lowest BCUT2D eigenvalue weighted by molar-refractivity contribution is -0.132. The Bertz CT molecular complexity index is 1360. The number of carbonyl (C=O) groups is 2. The molecule has 0 saturated carbocycles. The van der Waals surface area contributed by atoms with Gasteiger partial charge in [-0.1, -0.05) is 72.0 Å². The zero-order valence-corrected chi connectivity index (χ0v) is 17.9. The minimum absolute atomic E-state index is 0.0456. The molecule has 6 nitrogen and oxygen atoms in total. The van der Waals surface area contributed by atoms with Crippen molar-refractivity contribution in [3.63, 3.8) is 0 Å². The van der Waals surface area contributed by atoms with E-state index in [0.717, 1.165) is 4.70 Å². The second-order valence-electron chi connectivity index (χ2n) is 7.28. The molecule has 7 heteroatoms. The molecule has 1 aliphatic rings. The summed E-state index contributed by atoms with van der Waals surface area (Å²) in [6, 6.07) is 22.6. The fourth-order valence-corrected chi connectivity index (χ4v) is 4.88. The molecule has 5 rings (SSSR count). The van der Waals surface area contributed by atoms with Gasteiger partial charge in [-0.05, 0) is 23.8 Å². The smallest absolute Gasteiger partial charge is 0.301 e. The lowest BCUT2D eigenvalue weighted by Crippen LogP contribution is -2.29. The number of benzene rings is 3. The van der Waals surface area contributed by atoms with Crippen LogP contribution in [0.15, 0.2) is 84.4 Å². The minimum Gasteiger partial charge on any atom is -0.507 e. The Kier molecular flexibility index (Phi) is 4.95. The quantitative estimate of drug-likeness (QED) is 0.275. The van der Waals surface area contributed by atoms with Crippen LogP contribution in [-0.2, 0) is 9.59 Å². The van der Waals surface area contributed by atoms with Crippen LogP contribution in [0.1, 0.15) is 17.2 Å². The molecule has 0 unspecified atom stereocenters. The van der Waals surface area contributed by atoms with Gasteiger partial charge >= 0.3 is 5.91 Å². The summed E-state index contributed by atoms with van der Waals surface area (Å²) in [6.07, 6.45) is 0. The Balaban J connectivity index is 1.71. The summed E-state index contributed by atoms with van der Waals surface area (Å²) in [5, 5.41) is 11.4. The highest BCUT2D eigenvalue weighted by atomic mass is 32.1. The van der Waals surface area contributed by atoms with Crippen LogP contribution in [-0.4, -0.2) is 28.9 Å². The first-order chi connectivity index (χ1) is 15.6. The number of amides is 1. The largest absolute Gasteiger partial charge is 0.507 e. The fraction of sp³-hybridized carbons (Fsp3) is 0.0800. The number of nitrogens with zero attached hydrogens (tertiary/aromatic N) is 2. The van der Waals surface area contributed by atoms with E-state index in [-0.39, 0.29) is 11.3 Å². The number of hydrogen-bond donors (Lipinski definition) is 1. The molecular weight excluding hydrogens is 424 g/mol. The zero-order valence-electron chi connectivity index (χ0n) is 17.1. The van der Waals surface area contributed by atoms with E-state index >= 15 is 0 Å². The SMILES string of the molecule is COc1ccc2nc(N3C(=O)C(=O)/C(=C(/O)c4ccccc4)[C@H]3c3ccccc3)sc2c1. The van der Waals surface area contributed by atoms with Crippen molar-refractivity contribution in [2.24, 2.45) is 0 Å². The van der Waals surface area contributed by atoms with Crippen molar-refractivity contribution in [2.45, 2.75) is 6.04 Å². The van der Waals surface area contributed by atoms with Gasteiger partial charge in [0.25, 0.3) is 5.78 Å². The number of Topliss-reactive ketones (excluding diaryl/α,β-unsaturated/α-hetero) is 1. The Morgan fingerprint density at radius 2 is 1.69 bits per heavy atom. The van der Waals surface area contributed by atoms with Crippen molar-refractivity contribution in [3.05, 3.63) is 95.6 Å². The Hall–Kier alpha value is -3.97. The molecule has 1 saturated heterocycles. The van der Waals surface area contributed by atoms with Crippen LogP contribution in [0.4, 0.5) is 5.13 Å². The van der Waals surface area contributed by atoms with Gasteiger partial charge in [0.2, 0.25) is 0 Å². The monoisotopic (exact) mass is 442 g/mol. The first kappa shape index (κ1) is 20.0. The maximum absolute atomic E-state index is 13.2. The van der Waals surface area contributed by atoms with Crippen molar-refractivity contribution < 1.29 is 19.4 Å². The molecular formula is C25H18N2O4S. The first-order valence-corrected chi connectivity index (χ1v) is 10.8. The molecule has 1 aromatic heterocycles. The van der Waals surface area contributed by atoms with E-state index in [1.807, 2.05) is 48.5 Å². The average Bonchev–Trinajstić information content (AvgIpc) is 3.37. The van der Waals surface area contributed by atoms with E-state index in [0.29, 0.717) is 27.5 Å². The van der Waals surface area contributed by atoms with Crippen molar-refractivity contribution in [2.75, 3.05) is 12.0 Å². The molecule has 1 fully saturated rings. The topological polar surface area (TPSA) is 79.7 Å². The second kappa shape index (κ2) is 7.94. The molecule has 0 radical (unpaired) electrons. The number of fused-ring (bicyclic) bond motifs is 1. The summed E-state index contributed by atoms with van der Waals surface area (Å²) in [5.41, 5.74) is 1.92. The highest BCUT2D eigenvalue weighted by Gasteiger charge is 2.48. The maximum Gasteiger partial charge on any atom is 0.301 e. The summed E-state index contributed by atoms with van der Waals surface area (Å²) in [5.74, 6) is -0.985. The van der Waals surface area contributed by atoms with Crippen molar-refractivity contribution in [1.29, 1.82) is 0 Å². The number of aliphatic hydroxyl groups excluding tert-OH is 1. The minimum atomic E-state index is -0.793. The van der Waals surface area contributed by atoms with Gasteiger partial charge < -0.3 is 9.84 Å². The lowest BCUT2D eigenvalue weighted by Gasteiger charge is -2.22. The standard InChI is InChI=1S/C25H18N2O4S/c1-31-17-12-13-18-19(14-17)32-25(26-18)27-21(15-8-4-2-5-9-15)20(23(29)24(27)30)22(28)16-10-6-3-7-11-16/h2-14,21,28H,1H3/b22-20+/t21-/m1/s1. The number of thiazole rings is 1. The van der Waals surface area contributed by atoms with E-state index in [1.165, 1.54) is 16.2 Å². The number of aromatic nitrogens is 1. The van der Waals surface area contributed by atoms with E-state index in [2.05, 4.69) is 4.98 Å². The van der Waals surface area contributed by atoms with E-state index < -0.39 is 17.7 Å². The molecule has 0 aliphatic carbocycles. The van der Waals surface area contributed by atoms with Crippen LogP contribution in [0.2, 0.25) is 0 Å². The molecule has 2 heterocycles. The number of anilines is 1. The molecule has 158 valence electrons. The Labute approximate surface area is 188 Å². The molecule has 32 heavy (non-hydrogen) atoms. The maximum atomic E-state index is 13.2. The summed E-state index contributed by atoms with van der Waals surface area (Å²) in [4.78, 5) is 32.3. The number of methoxy groups -OCH3 is 1. The van der Waals surface area contributed by atoms with Gasteiger partial charge in [0.1, 0.15) is 11.5 Å². The lowest BCUT2D eigenvalue weighted by atomic mass is 9.95. The number of ether oxygens (including phenoxy) is 1. The van der Waals surface area contributed by atoms with E-state index in [9.17, 15) is 14.7 Å². The van der Waals surface area contributed by atoms with Gasteiger partial charge in [-0.15, -0.1) is 0 Å². The highest BCUT2D eigenvalue weighted by molar-refractivity contribution is 7.22. The van der Waals surface area contributed by atoms with Gasteiger partial charge in [-0.3, -0.25) is 14.5 Å². The summed E-state index contributed by atoms with van der Waals surface area (Å²) < 4.78 is 6.12. The Morgan fingerprint density at radius 1 is 1.00 bits per heavy atom. The van der Waals surface area contributed by atoms with Crippen molar-refractivity contribution in [1.82, 2.24) is 4.98 Å². The average molecular weight is 442 g/mol. The van der Waals surface area contributed by atoms with Crippen LogP contribution in [0.25, 0.3) is 16.0 Å². The predicted octanol–water partition coefficient (Wildman–Crippen LogP) is 4.93. The van der Waals surface area contributed by atoms with E-state index in [1.54, 1.807) is 37.4 Å². The molecule has 1 N–H and O–H groups in total. The van der Waals surface area contributed by atoms with Gasteiger partial charge in [0.15, 0.2) is 5.13 Å². The molecule has 0 bridgehead atoms. The second-order valence-corrected chi connectivity index (χ2v) is 8.29. The first-order valence-electron chi connectivity index (χ1n) is 9.94. The third-order valence-electron chi connectivity index (χ3n) is 5.40. The summed E-state index contributed by atoms with van der Waals surface area (Å²) in [7, 11) is 1.58. The third kappa shape index (κ3) is 3.23. The predicted molar refractivity (Wildman–Crippen MR) is 124 cm³/mol. The van der Waals surface area contributed by atoms with Crippen molar-refractivity contribution >= 4 is 44.1 Å². The summed E-state index contributed by atoms with van der Waals surface area (Å²) in [6.45, 7) is 0. The number of aliphatic hydroxyl groups is 1. The molecule has 1 aliphatic heterocycles. The third-order valence-corrected chi connectivity index (χ3v) is 6.41.